The molecule has 0 atom stereocenters. The second kappa shape index (κ2) is 8.00. The molecule has 0 spiro atoms. The fourth-order valence-electron chi connectivity index (χ4n) is 3.36. The fraction of sp³-hybridized carbons (Fsp3) is 0.350. The van der Waals surface area contributed by atoms with E-state index in [2.05, 4.69) is 10.3 Å². The summed E-state index contributed by atoms with van der Waals surface area (Å²) in [5, 5.41) is 4.73. The topological polar surface area (TPSA) is 80.8 Å². The summed E-state index contributed by atoms with van der Waals surface area (Å²) in [6.07, 6.45) is 0.637. The summed E-state index contributed by atoms with van der Waals surface area (Å²) in [4.78, 5) is 31.9. The fourth-order valence-corrected chi connectivity index (χ4v) is 5.58. The quantitative estimate of drug-likeness (QED) is 0.610. The lowest BCUT2D eigenvalue weighted by atomic mass is 10.0. The number of hydrogen-bond acceptors (Lipinski definition) is 8. The third kappa shape index (κ3) is 3.79. The minimum absolute atomic E-state index is 0.0383. The molecule has 7 nitrogen and oxygen atoms in total. The monoisotopic (exact) mass is 431 g/mol. The molecule has 152 valence electrons. The van der Waals surface area contributed by atoms with Crippen molar-refractivity contribution in [3.63, 3.8) is 0 Å². The summed E-state index contributed by atoms with van der Waals surface area (Å²) in [6, 6.07) is 5.72. The van der Waals surface area contributed by atoms with Crippen molar-refractivity contribution in [2.24, 2.45) is 0 Å². The van der Waals surface area contributed by atoms with Crippen molar-refractivity contribution in [3.05, 3.63) is 34.2 Å². The van der Waals surface area contributed by atoms with Crippen molar-refractivity contribution in [3.8, 4) is 5.75 Å². The van der Waals surface area contributed by atoms with Crippen molar-refractivity contribution in [2.45, 2.75) is 26.8 Å². The standard InChI is InChI=1S/C20H21N3O4S2/c1-4-27-19(25)17-13-7-8-23(11(2)24)10-16(13)28-18(17)22-20-21-14-6-5-12(26-3)9-15(14)29-20/h5-6,9H,4,7-8,10H2,1-3H3,(H,21,22). The smallest absolute Gasteiger partial charge is 0.341 e. The van der Waals surface area contributed by atoms with E-state index >= 15 is 0 Å². The Kier molecular flexibility index (Phi) is 5.42. The summed E-state index contributed by atoms with van der Waals surface area (Å²) >= 11 is 2.98. The number of methoxy groups -OCH3 is 1. The Morgan fingerprint density at radius 1 is 1.31 bits per heavy atom. The highest BCUT2D eigenvalue weighted by Gasteiger charge is 2.30. The van der Waals surface area contributed by atoms with E-state index in [-0.39, 0.29) is 11.9 Å². The first kappa shape index (κ1) is 19.7. The number of nitrogens with zero attached hydrogens (tertiary/aromatic N) is 2. The van der Waals surface area contributed by atoms with Crippen molar-refractivity contribution >= 4 is 54.9 Å². The Morgan fingerprint density at radius 2 is 2.14 bits per heavy atom. The number of amides is 1. The predicted octanol–water partition coefficient (Wildman–Crippen LogP) is 4.19. The maximum Gasteiger partial charge on any atom is 0.341 e. The van der Waals surface area contributed by atoms with Gasteiger partial charge in [0.25, 0.3) is 0 Å². The van der Waals surface area contributed by atoms with Gasteiger partial charge < -0.3 is 19.7 Å². The highest BCUT2D eigenvalue weighted by Crippen LogP contribution is 2.40. The molecule has 0 unspecified atom stereocenters. The van der Waals surface area contributed by atoms with Crippen LogP contribution < -0.4 is 10.1 Å². The van der Waals surface area contributed by atoms with Crippen LogP contribution in [-0.4, -0.2) is 42.0 Å². The van der Waals surface area contributed by atoms with Gasteiger partial charge in [0.2, 0.25) is 5.91 Å². The Labute approximate surface area is 176 Å². The maximum atomic E-state index is 12.7. The highest BCUT2D eigenvalue weighted by molar-refractivity contribution is 7.23. The zero-order valence-electron chi connectivity index (χ0n) is 16.4. The summed E-state index contributed by atoms with van der Waals surface area (Å²) < 4.78 is 11.6. The Balaban J connectivity index is 1.71. The molecule has 3 aromatic rings. The Morgan fingerprint density at radius 3 is 2.86 bits per heavy atom. The zero-order valence-corrected chi connectivity index (χ0v) is 18.0. The number of carbonyl (C=O) groups is 2. The number of rotatable bonds is 5. The van der Waals surface area contributed by atoms with Crippen molar-refractivity contribution in [1.29, 1.82) is 0 Å². The van der Waals surface area contributed by atoms with E-state index in [0.29, 0.717) is 41.8 Å². The van der Waals surface area contributed by atoms with E-state index in [1.165, 1.54) is 22.7 Å². The molecule has 0 bridgehead atoms. The van der Waals surface area contributed by atoms with E-state index < -0.39 is 0 Å². The number of aromatic nitrogens is 1. The van der Waals surface area contributed by atoms with Crippen LogP contribution in [0.15, 0.2) is 18.2 Å². The molecule has 0 saturated carbocycles. The second-order valence-corrected chi connectivity index (χ2v) is 8.73. The van der Waals surface area contributed by atoms with E-state index in [9.17, 15) is 9.59 Å². The summed E-state index contributed by atoms with van der Waals surface area (Å²) in [5.41, 5.74) is 2.39. The van der Waals surface area contributed by atoms with E-state index in [4.69, 9.17) is 9.47 Å². The van der Waals surface area contributed by atoms with Crippen LogP contribution in [0.5, 0.6) is 5.75 Å². The number of thiophene rings is 1. The third-order valence-electron chi connectivity index (χ3n) is 4.80. The molecule has 3 heterocycles. The molecule has 29 heavy (non-hydrogen) atoms. The summed E-state index contributed by atoms with van der Waals surface area (Å²) in [7, 11) is 1.63. The molecule has 9 heteroatoms. The number of nitrogens with one attached hydrogen (secondary N) is 1. The number of thiazole rings is 1. The van der Waals surface area contributed by atoms with Crippen LogP contribution in [0.25, 0.3) is 10.2 Å². The molecule has 0 aliphatic carbocycles. The number of carbonyl (C=O) groups excluding carboxylic acids is 2. The van der Waals surface area contributed by atoms with Gasteiger partial charge in [0, 0.05) is 18.3 Å². The van der Waals surface area contributed by atoms with Crippen LogP contribution in [-0.2, 0) is 22.5 Å². The molecule has 1 amide bonds. The molecule has 1 aliphatic rings. The normalized spacial score (nSPS) is 13.3. The van der Waals surface area contributed by atoms with Crippen LogP contribution in [0, 0.1) is 0 Å². The number of fused-ring (bicyclic) bond motifs is 2. The van der Waals surface area contributed by atoms with Crippen LogP contribution >= 0.6 is 22.7 Å². The van der Waals surface area contributed by atoms with Gasteiger partial charge in [0.05, 0.1) is 36.0 Å². The minimum atomic E-state index is -0.341. The number of hydrogen-bond donors (Lipinski definition) is 1. The molecule has 0 fully saturated rings. The minimum Gasteiger partial charge on any atom is -0.497 e. The second-order valence-electron chi connectivity index (χ2n) is 6.60. The number of benzene rings is 1. The van der Waals surface area contributed by atoms with E-state index in [1.807, 2.05) is 18.2 Å². The lowest BCUT2D eigenvalue weighted by Crippen LogP contribution is -2.33. The average Bonchev–Trinajstić information content (AvgIpc) is 3.26. The Bertz CT molecular complexity index is 1090. The van der Waals surface area contributed by atoms with Crippen molar-refractivity contribution < 1.29 is 19.1 Å². The third-order valence-corrected chi connectivity index (χ3v) is 6.86. The van der Waals surface area contributed by atoms with Gasteiger partial charge in [0.15, 0.2) is 5.13 Å². The molecule has 4 rings (SSSR count). The first-order valence-electron chi connectivity index (χ1n) is 9.29. The van der Waals surface area contributed by atoms with Crippen LogP contribution in [0.2, 0.25) is 0 Å². The molecule has 1 aliphatic heterocycles. The predicted molar refractivity (Wildman–Crippen MR) is 115 cm³/mol. The van der Waals surface area contributed by atoms with Crippen molar-refractivity contribution in [2.75, 3.05) is 25.6 Å². The highest BCUT2D eigenvalue weighted by atomic mass is 32.1. The zero-order chi connectivity index (χ0) is 20.5. The average molecular weight is 432 g/mol. The lowest BCUT2D eigenvalue weighted by molar-refractivity contribution is -0.129. The lowest BCUT2D eigenvalue weighted by Gasteiger charge is -2.25. The molecule has 1 N–H and O–H groups in total. The number of esters is 1. The van der Waals surface area contributed by atoms with Gasteiger partial charge in [-0.1, -0.05) is 11.3 Å². The van der Waals surface area contributed by atoms with E-state index in [1.54, 1.807) is 25.9 Å². The Hall–Kier alpha value is -2.65. The van der Waals surface area contributed by atoms with Crippen LogP contribution in [0.3, 0.4) is 0 Å². The van der Waals surface area contributed by atoms with Gasteiger partial charge in [-0.2, -0.15) is 0 Å². The number of anilines is 2. The van der Waals surface area contributed by atoms with Crippen LogP contribution in [0.1, 0.15) is 34.6 Å². The summed E-state index contributed by atoms with van der Waals surface area (Å²) in [5.74, 6) is 0.471. The molecule has 0 radical (unpaired) electrons. The van der Waals surface area contributed by atoms with Gasteiger partial charge >= 0.3 is 5.97 Å². The number of ether oxygens (including phenoxy) is 2. The van der Waals surface area contributed by atoms with Gasteiger partial charge in [-0.3, -0.25) is 4.79 Å². The first-order valence-corrected chi connectivity index (χ1v) is 10.9. The first-order chi connectivity index (χ1) is 14.0. The van der Waals surface area contributed by atoms with Gasteiger partial charge in [0.1, 0.15) is 10.8 Å². The van der Waals surface area contributed by atoms with Gasteiger partial charge in [-0.15, -0.1) is 11.3 Å². The molecular formula is C20H21N3O4S2. The van der Waals surface area contributed by atoms with Gasteiger partial charge in [-0.25, -0.2) is 9.78 Å². The maximum absolute atomic E-state index is 12.7. The van der Waals surface area contributed by atoms with Crippen molar-refractivity contribution in [1.82, 2.24) is 9.88 Å². The molecule has 0 saturated heterocycles. The van der Waals surface area contributed by atoms with Crippen LogP contribution in [0.4, 0.5) is 10.1 Å². The van der Waals surface area contributed by atoms with E-state index in [0.717, 1.165) is 26.4 Å². The molecular weight excluding hydrogens is 410 g/mol. The molecule has 2 aromatic heterocycles. The largest absolute Gasteiger partial charge is 0.497 e. The van der Waals surface area contributed by atoms with Gasteiger partial charge in [-0.05, 0) is 37.1 Å². The SMILES string of the molecule is CCOC(=O)c1c(Nc2nc3ccc(OC)cc3s2)sc2c1CCN(C(C)=O)C2. The molecule has 1 aromatic carbocycles. The summed E-state index contributed by atoms with van der Waals surface area (Å²) in [6.45, 7) is 4.79.